The van der Waals surface area contributed by atoms with Crippen LogP contribution >= 0.6 is 0 Å². The average molecular weight is 368 g/mol. The summed E-state index contributed by atoms with van der Waals surface area (Å²) in [4.78, 5) is 33.9. The van der Waals surface area contributed by atoms with Crippen molar-refractivity contribution in [3.8, 4) is 0 Å². The van der Waals surface area contributed by atoms with E-state index < -0.39 is 0 Å². The van der Waals surface area contributed by atoms with Crippen molar-refractivity contribution in [3.05, 3.63) is 24.2 Å². The second-order valence-corrected chi connectivity index (χ2v) is 7.57. The zero-order valence-electron chi connectivity index (χ0n) is 15.5. The number of hydrogen-bond acceptors (Lipinski definition) is 5. The molecule has 2 amide bonds. The first kappa shape index (κ1) is 16.5. The minimum absolute atomic E-state index is 0.0198. The topological polar surface area (TPSA) is 95.3 Å². The maximum Gasteiger partial charge on any atom is 0.331 e. The number of nitrogens with zero attached hydrogens (tertiary/aromatic N) is 7. The summed E-state index contributed by atoms with van der Waals surface area (Å²) in [5.74, 6) is 2.95. The molecule has 1 unspecified atom stereocenters. The Hall–Kier alpha value is -2.71. The van der Waals surface area contributed by atoms with Gasteiger partial charge in [0, 0.05) is 12.5 Å². The third-order valence-electron chi connectivity index (χ3n) is 5.65. The lowest BCUT2D eigenvalue weighted by molar-refractivity contribution is 0.226. The van der Waals surface area contributed by atoms with Crippen molar-refractivity contribution in [2.75, 3.05) is 18.0 Å². The second kappa shape index (κ2) is 6.47. The van der Waals surface area contributed by atoms with E-state index in [9.17, 15) is 4.79 Å². The normalized spacial score (nSPS) is 22.3. The van der Waals surface area contributed by atoms with Gasteiger partial charge in [-0.05, 0) is 19.3 Å². The molecule has 5 rings (SSSR count). The highest BCUT2D eigenvalue weighted by Gasteiger charge is 2.42. The molecule has 27 heavy (non-hydrogen) atoms. The molecule has 2 aliphatic heterocycles. The van der Waals surface area contributed by atoms with Gasteiger partial charge >= 0.3 is 6.03 Å². The zero-order valence-corrected chi connectivity index (χ0v) is 15.5. The first-order chi connectivity index (χ1) is 13.2. The van der Waals surface area contributed by atoms with Gasteiger partial charge in [-0.3, -0.25) is 19.5 Å². The number of amides is 2. The Bertz CT molecular complexity index is 864. The summed E-state index contributed by atoms with van der Waals surface area (Å²) >= 11 is 0. The van der Waals surface area contributed by atoms with Crippen LogP contribution in [0.3, 0.4) is 0 Å². The third-order valence-corrected chi connectivity index (χ3v) is 5.65. The molecule has 0 bridgehead atoms. The molecular weight excluding hydrogens is 344 g/mol. The molecule has 0 aromatic carbocycles. The van der Waals surface area contributed by atoms with E-state index >= 15 is 0 Å². The number of aliphatic imine (C=N–C) groups is 1. The number of H-pyrrole nitrogens is 1. The number of rotatable bonds is 5. The predicted octanol–water partition coefficient (Wildman–Crippen LogP) is 2.14. The summed E-state index contributed by atoms with van der Waals surface area (Å²) in [5.41, 5.74) is 0.894. The van der Waals surface area contributed by atoms with Gasteiger partial charge in [0.25, 0.3) is 0 Å². The SMILES string of the molecule is CCCN1C(=O)N2CC(Cn3cncn3)N=C2c2[nH]c(C3CCCC3)nc21. The highest BCUT2D eigenvalue weighted by molar-refractivity contribution is 6.18. The number of amidine groups is 1. The first-order valence-corrected chi connectivity index (χ1v) is 9.84. The summed E-state index contributed by atoms with van der Waals surface area (Å²) in [6, 6.07) is -0.0491. The van der Waals surface area contributed by atoms with E-state index in [1.807, 2.05) is 0 Å². The lowest BCUT2D eigenvalue weighted by Crippen LogP contribution is -2.50. The van der Waals surface area contributed by atoms with Crippen molar-refractivity contribution >= 4 is 17.7 Å². The lowest BCUT2D eigenvalue weighted by atomic mass is 10.1. The number of carbonyl (C=O) groups excluding carboxylic acids is 1. The van der Waals surface area contributed by atoms with Gasteiger partial charge in [-0.25, -0.2) is 14.8 Å². The van der Waals surface area contributed by atoms with Gasteiger partial charge < -0.3 is 4.98 Å². The summed E-state index contributed by atoms with van der Waals surface area (Å²) in [7, 11) is 0. The molecule has 142 valence electrons. The van der Waals surface area contributed by atoms with Gasteiger partial charge in [0.15, 0.2) is 11.7 Å². The molecule has 2 aromatic rings. The molecule has 1 N–H and O–H groups in total. The Kier molecular flexibility index (Phi) is 3.95. The number of carbonyl (C=O) groups is 1. The number of aromatic amines is 1. The van der Waals surface area contributed by atoms with Gasteiger partial charge in [0.1, 0.15) is 24.2 Å². The molecule has 4 heterocycles. The van der Waals surface area contributed by atoms with Gasteiger partial charge in [0.2, 0.25) is 0 Å². The maximum atomic E-state index is 13.1. The molecule has 9 heteroatoms. The van der Waals surface area contributed by atoms with E-state index in [2.05, 4.69) is 22.0 Å². The quantitative estimate of drug-likeness (QED) is 0.875. The highest BCUT2D eigenvalue weighted by Crippen LogP contribution is 2.37. The lowest BCUT2D eigenvalue weighted by Gasteiger charge is -2.32. The van der Waals surface area contributed by atoms with Crippen molar-refractivity contribution in [2.45, 2.75) is 57.5 Å². The van der Waals surface area contributed by atoms with Crippen molar-refractivity contribution in [1.29, 1.82) is 0 Å². The highest BCUT2D eigenvalue weighted by atomic mass is 16.2. The Morgan fingerprint density at radius 3 is 2.89 bits per heavy atom. The zero-order chi connectivity index (χ0) is 18.4. The van der Waals surface area contributed by atoms with Crippen LogP contribution in [0.25, 0.3) is 0 Å². The largest absolute Gasteiger partial charge is 0.337 e. The van der Waals surface area contributed by atoms with Crippen LogP contribution in [0.15, 0.2) is 17.6 Å². The van der Waals surface area contributed by atoms with Gasteiger partial charge in [0.05, 0.1) is 19.1 Å². The second-order valence-electron chi connectivity index (χ2n) is 7.57. The average Bonchev–Trinajstić information content (AvgIpc) is 3.44. The number of aromatic nitrogens is 5. The van der Waals surface area contributed by atoms with Crippen LogP contribution < -0.4 is 4.90 Å². The van der Waals surface area contributed by atoms with Gasteiger partial charge in [-0.15, -0.1) is 0 Å². The fourth-order valence-electron chi connectivity index (χ4n) is 4.38. The van der Waals surface area contributed by atoms with Crippen LogP contribution in [-0.4, -0.2) is 60.6 Å². The number of hydrogen-bond donors (Lipinski definition) is 1. The number of fused-ring (bicyclic) bond motifs is 3. The van der Waals surface area contributed by atoms with Crippen LogP contribution in [0.2, 0.25) is 0 Å². The van der Waals surface area contributed by atoms with Crippen LogP contribution in [0.4, 0.5) is 10.6 Å². The third kappa shape index (κ3) is 2.72. The van der Waals surface area contributed by atoms with E-state index in [0.717, 1.165) is 29.6 Å². The summed E-state index contributed by atoms with van der Waals surface area (Å²) in [6.07, 6.45) is 8.92. The monoisotopic (exact) mass is 368 g/mol. The van der Waals surface area contributed by atoms with Gasteiger partial charge in [-0.1, -0.05) is 19.8 Å². The molecule has 0 spiro atoms. The minimum atomic E-state index is -0.0293. The van der Waals surface area contributed by atoms with E-state index in [1.54, 1.807) is 20.8 Å². The molecule has 1 fully saturated rings. The van der Waals surface area contributed by atoms with Crippen molar-refractivity contribution < 1.29 is 4.79 Å². The molecule has 1 aliphatic carbocycles. The van der Waals surface area contributed by atoms with Crippen LogP contribution in [0.5, 0.6) is 0 Å². The summed E-state index contributed by atoms with van der Waals surface area (Å²) < 4.78 is 1.76. The smallest absolute Gasteiger partial charge is 0.331 e. The molecule has 2 aromatic heterocycles. The summed E-state index contributed by atoms with van der Waals surface area (Å²) in [5, 5.41) is 4.16. The van der Waals surface area contributed by atoms with E-state index in [4.69, 9.17) is 9.98 Å². The predicted molar refractivity (Wildman–Crippen MR) is 99.9 cm³/mol. The molecule has 0 radical (unpaired) electrons. The van der Waals surface area contributed by atoms with Crippen molar-refractivity contribution in [3.63, 3.8) is 0 Å². The number of urea groups is 1. The molecule has 0 saturated heterocycles. The van der Waals surface area contributed by atoms with Crippen LogP contribution in [0.1, 0.15) is 56.5 Å². The van der Waals surface area contributed by atoms with Crippen molar-refractivity contribution in [2.24, 2.45) is 4.99 Å². The minimum Gasteiger partial charge on any atom is -0.337 e. The van der Waals surface area contributed by atoms with E-state index in [1.165, 1.54) is 32.0 Å². The molecule has 3 aliphatic rings. The van der Waals surface area contributed by atoms with E-state index in [-0.39, 0.29) is 12.1 Å². The number of nitrogens with one attached hydrogen (secondary N) is 1. The standard InChI is InChI=1S/C18H24N8O/c1-2-7-25-17-14(22-15(23-17)12-5-3-4-6-12)16-21-13(9-26(16)18(25)27)8-24-11-19-10-20-24/h10-13H,2-9H2,1H3,(H,22,23). The van der Waals surface area contributed by atoms with E-state index in [0.29, 0.717) is 25.6 Å². The summed E-state index contributed by atoms with van der Waals surface area (Å²) in [6.45, 7) is 3.92. The Morgan fingerprint density at radius 2 is 2.15 bits per heavy atom. The fraction of sp³-hybridized carbons (Fsp3) is 0.611. The fourth-order valence-corrected chi connectivity index (χ4v) is 4.38. The van der Waals surface area contributed by atoms with Gasteiger partial charge in [-0.2, -0.15) is 5.10 Å². The molecule has 1 saturated carbocycles. The van der Waals surface area contributed by atoms with Crippen LogP contribution in [-0.2, 0) is 6.54 Å². The maximum absolute atomic E-state index is 13.1. The number of imidazole rings is 1. The molecular formula is C18H24N8O. The van der Waals surface area contributed by atoms with Crippen molar-refractivity contribution in [1.82, 2.24) is 29.6 Å². The Morgan fingerprint density at radius 1 is 1.30 bits per heavy atom. The van der Waals surface area contributed by atoms with Crippen LogP contribution in [0, 0.1) is 0 Å². The molecule has 9 nitrogen and oxygen atoms in total. The first-order valence-electron chi connectivity index (χ1n) is 9.84. The number of anilines is 1. The molecule has 1 atom stereocenters. The Labute approximate surface area is 157 Å². The Balaban J connectivity index is 1.51.